The van der Waals surface area contributed by atoms with Crippen molar-refractivity contribution in [1.29, 1.82) is 0 Å². The number of nitrogens with one attached hydrogen (secondary N) is 3. The van der Waals surface area contributed by atoms with Crippen molar-refractivity contribution in [2.24, 2.45) is 4.99 Å². The second-order valence-electron chi connectivity index (χ2n) is 16.0. The largest absolute Gasteiger partial charge is 0.416 e. The average molecular weight is 845 g/mol. The van der Waals surface area contributed by atoms with Crippen molar-refractivity contribution in [1.82, 2.24) is 29.2 Å². The molecule has 3 fully saturated rings. The third-order valence-electron chi connectivity index (χ3n) is 11.1. The number of alkyl halides is 3. The van der Waals surface area contributed by atoms with Crippen molar-refractivity contribution < 1.29 is 40.7 Å². The van der Waals surface area contributed by atoms with E-state index in [0.717, 1.165) is 6.20 Å². The Morgan fingerprint density at radius 2 is 1.63 bits per heavy atom. The highest BCUT2D eigenvalue weighted by atomic mass is 32.2. The second-order valence-corrected chi connectivity index (χ2v) is 17.9. The number of likely N-dealkylation sites (N-methyl/N-ethyl adjacent to an activating group) is 1. The summed E-state index contributed by atoms with van der Waals surface area (Å²) in [7, 11) is -2.36. The van der Waals surface area contributed by atoms with Crippen molar-refractivity contribution in [2.75, 3.05) is 61.8 Å². The number of piperidine rings is 2. The molecule has 2 amide bonds. The van der Waals surface area contributed by atoms with Gasteiger partial charge in [0.1, 0.15) is 11.9 Å². The summed E-state index contributed by atoms with van der Waals surface area (Å²) in [5.74, 6) is -1.05. The molecule has 4 N–H and O–H groups in total. The predicted molar refractivity (Wildman–Crippen MR) is 212 cm³/mol. The van der Waals surface area contributed by atoms with Gasteiger partial charge < -0.3 is 25.5 Å². The highest BCUT2D eigenvalue weighted by molar-refractivity contribution is 7.89. The van der Waals surface area contributed by atoms with Crippen molar-refractivity contribution in [3.05, 3.63) is 78.0 Å². The minimum Gasteiger partial charge on any atom is -0.389 e. The van der Waals surface area contributed by atoms with Crippen LogP contribution in [0.2, 0.25) is 0 Å². The molecule has 0 spiro atoms. The van der Waals surface area contributed by atoms with Gasteiger partial charge in [0, 0.05) is 88.1 Å². The molecule has 4 aliphatic rings. The Kier molecular flexibility index (Phi) is 11.8. The number of aromatic nitrogens is 2. The van der Waals surface area contributed by atoms with Gasteiger partial charge in [-0.3, -0.25) is 24.5 Å². The number of hydrogen-bond donors (Lipinski definition) is 4. The fourth-order valence-corrected chi connectivity index (χ4v) is 9.50. The lowest BCUT2D eigenvalue weighted by Crippen LogP contribution is -2.54. The first-order valence-electron chi connectivity index (χ1n) is 19.4. The van der Waals surface area contributed by atoms with E-state index in [1.165, 1.54) is 51.5 Å². The fourth-order valence-electron chi connectivity index (χ4n) is 8.03. The molecule has 318 valence electrons. The number of nitrogens with zero attached hydrogens (tertiary/aromatic N) is 7. The monoisotopic (exact) mass is 844 g/mol. The van der Waals surface area contributed by atoms with E-state index in [1.807, 2.05) is 4.90 Å². The number of carbonyl (C=O) groups is 2. The van der Waals surface area contributed by atoms with Crippen LogP contribution in [0, 0.1) is 5.82 Å². The fraction of sp³-hybridized carbons (Fsp3) is 0.487. The molecule has 4 aliphatic heterocycles. The van der Waals surface area contributed by atoms with E-state index in [1.54, 1.807) is 38.1 Å². The predicted octanol–water partition coefficient (Wildman–Crippen LogP) is 3.89. The minimum absolute atomic E-state index is 0.0794. The van der Waals surface area contributed by atoms with Gasteiger partial charge in [-0.25, -0.2) is 17.8 Å². The zero-order chi connectivity index (χ0) is 42.3. The second kappa shape index (κ2) is 16.5. The van der Waals surface area contributed by atoms with Gasteiger partial charge in [0.05, 0.1) is 40.5 Å². The molecule has 3 saturated heterocycles. The molecule has 3 aromatic rings. The van der Waals surface area contributed by atoms with Gasteiger partial charge in [-0.1, -0.05) is 0 Å². The first-order chi connectivity index (χ1) is 27.9. The van der Waals surface area contributed by atoms with Crippen LogP contribution in [0.25, 0.3) is 0 Å². The number of aliphatic imine (C=N–C) groups is 1. The quantitative estimate of drug-likeness (QED) is 0.173. The molecular formula is C39H48F4N10O5S. The van der Waals surface area contributed by atoms with E-state index in [9.17, 15) is 36.3 Å². The summed E-state index contributed by atoms with van der Waals surface area (Å²) in [5, 5.41) is 22.6. The Balaban J connectivity index is 0.917. The smallest absolute Gasteiger partial charge is 0.389 e. The van der Waals surface area contributed by atoms with Crippen LogP contribution in [-0.2, 0) is 26.2 Å². The van der Waals surface area contributed by atoms with Crippen LogP contribution in [0.4, 0.5) is 34.6 Å². The van der Waals surface area contributed by atoms with Crippen LogP contribution in [0.1, 0.15) is 51.1 Å². The number of benzene rings is 2. The molecule has 59 heavy (non-hydrogen) atoms. The molecule has 0 aliphatic carbocycles. The van der Waals surface area contributed by atoms with Crippen LogP contribution in [0.3, 0.4) is 0 Å². The Labute approximate surface area is 339 Å². The van der Waals surface area contributed by atoms with E-state index in [4.69, 9.17) is 0 Å². The molecule has 2 unspecified atom stereocenters. The van der Waals surface area contributed by atoms with Crippen LogP contribution in [0.5, 0.6) is 0 Å². The number of sulfonamides is 1. The molecule has 20 heteroatoms. The number of hydrogen-bond acceptors (Lipinski definition) is 12. The zero-order valence-electron chi connectivity index (χ0n) is 32.9. The minimum atomic E-state index is -4.68. The lowest BCUT2D eigenvalue weighted by molar-refractivity contribution is -0.133. The Morgan fingerprint density at radius 3 is 2.25 bits per heavy atom. The lowest BCUT2D eigenvalue weighted by atomic mass is 9.99. The Morgan fingerprint density at radius 1 is 0.949 bits per heavy atom. The molecule has 0 saturated carbocycles. The standard InChI is InChI=1S/C39H48F4N10O5S/c1-38(2,56)24-52-23-25(21-45-52)35-30(39(41,42)43)22-44-37(49(35)3)47-26-4-7-29(8-5-26)59(57,58)53-14-12-28(13-15-53)50-16-18-51(19-17-50)33-10-6-27(20-31(33)40)46-32-9-11-34(54)48-36(32)55/h4-8,10,20-23,28,32,35,46,56H,9,11-19,24H2,1-3H3,(H,44,47)(H,48,54,55). The number of guanidine groups is 1. The van der Waals surface area contributed by atoms with E-state index < -0.39 is 51.2 Å². The van der Waals surface area contributed by atoms with E-state index in [0.29, 0.717) is 75.6 Å². The molecule has 1 aromatic heterocycles. The zero-order valence-corrected chi connectivity index (χ0v) is 33.7. The number of anilines is 3. The first-order valence-corrected chi connectivity index (χ1v) is 20.9. The SMILES string of the molecule is CN1C(Nc2ccc(S(=O)(=O)N3CCC(N4CCN(c5ccc(NC6CCC(=O)NC6=O)cc5F)CC4)CC3)cc2)=NC=C(C(F)(F)F)C1c1cnn(CC(C)(C)O)c1. The van der Waals surface area contributed by atoms with Gasteiger partial charge in [-0.15, -0.1) is 0 Å². The van der Waals surface area contributed by atoms with Gasteiger partial charge in [0.15, 0.2) is 0 Å². The summed E-state index contributed by atoms with van der Waals surface area (Å²) in [4.78, 5) is 33.3. The molecule has 15 nitrogen and oxygen atoms in total. The van der Waals surface area contributed by atoms with Crippen LogP contribution >= 0.6 is 0 Å². The maximum absolute atomic E-state index is 15.2. The molecule has 0 radical (unpaired) electrons. The number of rotatable bonds is 10. The molecule has 2 aromatic carbocycles. The van der Waals surface area contributed by atoms with Crippen LogP contribution in [0.15, 0.2) is 76.5 Å². The van der Waals surface area contributed by atoms with Gasteiger partial charge in [0.25, 0.3) is 0 Å². The number of imide groups is 1. The molecular weight excluding hydrogens is 797 g/mol. The highest BCUT2D eigenvalue weighted by Gasteiger charge is 2.44. The van der Waals surface area contributed by atoms with E-state index in [2.05, 4.69) is 30.9 Å². The Hall–Kier alpha value is -5.05. The summed E-state index contributed by atoms with van der Waals surface area (Å²) in [6, 6.07) is 9.04. The van der Waals surface area contributed by atoms with Crippen molar-refractivity contribution in [2.45, 2.75) is 80.9 Å². The highest BCUT2D eigenvalue weighted by Crippen LogP contribution is 2.41. The number of aliphatic hydroxyl groups is 1. The molecule has 2 atom stereocenters. The van der Waals surface area contributed by atoms with Crippen molar-refractivity contribution in [3.63, 3.8) is 0 Å². The maximum atomic E-state index is 15.2. The third kappa shape index (κ3) is 9.55. The van der Waals surface area contributed by atoms with E-state index >= 15 is 4.39 Å². The number of carbonyl (C=O) groups excluding carboxylic acids is 2. The van der Waals surface area contributed by atoms with Crippen LogP contribution in [-0.4, -0.2) is 125 Å². The lowest BCUT2D eigenvalue weighted by Gasteiger charge is -2.43. The Bertz CT molecular complexity index is 2210. The molecule has 0 bridgehead atoms. The van der Waals surface area contributed by atoms with Crippen molar-refractivity contribution in [3.8, 4) is 0 Å². The number of amides is 2. The maximum Gasteiger partial charge on any atom is 0.416 e. The van der Waals surface area contributed by atoms with Crippen LogP contribution < -0.4 is 20.9 Å². The molecule has 5 heterocycles. The summed E-state index contributed by atoms with van der Waals surface area (Å²) >= 11 is 0. The van der Waals surface area contributed by atoms with Gasteiger partial charge in [0.2, 0.25) is 27.8 Å². The summed E-state index contributed by atoms with van der Waals surface area (Å²) < 4.78 is 87.8. The summed E-state index contributed by atoms with van der Waals surface area (Å²) in [6.07, 6.45) is 0.701. The van der Waals surface area contributed by atoms with Gasteiger partial charge in [-0.05, 0) is 75.6 Å². The topological polar surface area (TPSA) is 168 Å². The number of halogens is 4. The summed E-state index contributed by atoms with van der Waals surface area (Å²) in [6.45, 7) is 6.42. The van der Waals surface area contributed by atoms with Gasteiger partial charge >= 0.3 is 6.18 Å². The van der Waals surface area contributed by atoms with Gasteiger partial charge in [-0.2, -0.15) is 22.6 Å². The normalized spacial score (nSPS) is 21.9. The summed E-state index contributed by atoms with van der Waals surface area (Å²) in [5.41, 5.74) is -0.423. The molecule has 7 rings (SSSR count). The number of piperazine rings is 1. The first kappa shape index (κ1) is 42.1. The van der Waals surface area contributed by atoms with Crippen molar-refractivity contribution >= 4 is 44.9 Å². The average Bonchev–Trinajstić information content (AvgIpc) is 3.63. The van der Waals surface area contributed by atoms with E-state index in [-0.39, 0.29) is 41.3 Å². The third-order valence-corrected chi connectivity index (χ3v) is 13.0.